The highest BCUT2D eigenvalue weighted by Crippen LogP contribution is 2.18. The molecule has 0 saturated heterocycles. The second-order valence-electron chi connectivity index (χ2n) is 6.20. The van der Waals surface area contributed by atoms with E-state index in [1.807, 2.05) is 30.3 Å². The third-order valence-corrected chi connectivity index (χ3v) is 3.87. The summed E-state index contributed by atoms with van der Waals surface area (Å²) in [6.07, 6.45) is -1.38. The highest BCUT2D eigenvalue weighted by atomic mass is 127. The smallest absolute Gasteiger partial charge is 0.422 e. The Morgan fingerprint density at radius 1 is 1.10 bits per heavy atom. The highest BCUT2D eigenvalue weighted by Gasteiger charge is 2.28. The van der Waals surface area contributed by atoms with Crippen LogP contribution in [0.2, 0.25) is 0 Å². The normalized spacial score (nSPS) is 11.5. The average Bonchev–Trinajstić information content (AvgIpc) is 3.22. The summed E-state index contributed by atoms with van der Waals surface area (Å²) in [7, 11) is 1.62. The molecule has 0 aliphatic carbocycles. The maximum atomic E-state index is 12.2. The molecule has 0 bridgehead atoms. The Bertz CT molecular complexity index is 963. The number of hydrogen-bond acceptors (Lipinski definition) is 5. The summed E-state index contributed by atoms with van der Waals surface area (Å²) >= 11 is 0. The van der Waals surface area contributed by atoms with Gasteiger partial charge in [-0.25, -0.2) is 9.97 Å². The second kappa shape index (κ2) is 11.5. The number of benzene rings is 1. The predicted molar refractivity (Wildman–Crippen MR) is 120 cm³/mol. The van der Waals surface area contributed by atoms with Crippen LogP contribution in [0.5, 0.6) is 5.88 Å². The van der Waals surface area contributed by atoms with Crippen molar-refractivity contribution in [2.24, 2.45) is 4.99 Å². The maximum Gasteiger partial charge on any atom is 0.422 e. The zero-order valence-electron chi connectivity index (χ0n) is 16.5. The third-order valence-electron chi connectivity index (χ3n) is 3.87. The maximum absolute atomic E-state index is 12.2. The lowest BCUT2D eigenvalue weighted by molar-refractivity contribution is -0.154. The van der Waals surface area contributed by atoms with Crippen molar-refractivity contribution >= 4 is 29.9 Å². The van der Waals surface area contributed by atoms with Gasteiger partial charge >= 0.3 is 6.18 Å². The number of rotatable bonds is 7. The van der Waals surface area contributed by atoms with Gasteiger partial charge in [-0.15, -0.1) is 24.0 Å². The monoisotopic (exact) mass is 547 g/mol. The molecule has 1 aromatic carbocycles. The van der Waals surface area contributed by atoms with Gasteiger partial charge < -0.3 is 19.8 Å². The summed E-state index contributed by atoms with van der Waals surface area (Å²) < 4.78 is 46.6. The van der Waals surface area contributed by atoms with E-state index in [0.29, 0.717) is 30.6 Å². The molecule has 3 aromatic rings. The van der Waals surface area contributed by atoms with Crippen LogP contribution in [0.4, 0.5) is 13.2 Å². The first-order valence-electron chi connectivity index (χ1n) is 9.02. The molecule has 2 aromatic heterocycles. The Balaban J connectivity index is 0.00000341. The first-order chi connectivity index (χ1) is 14.4. The van der Waals surface area contributed by atoms with Crippen LogP contribution >= 0.6 is 24.0 Å². The molecule has 0 amide bonds. The van der Waals surface area contributed by atoms with Crippen molar-refractivity contribution in [3.63, 3.8) is 0 Å². The summed E-state index contributed by atoms with van der Waals surface area (Å²) in [5.41, 5.74) is 2.36. The molecule has 0 saturated carbocycles. The molecule has 0 unspecified atom stereocenters. The number of aliphatic imine (C=N–C) groups is 1. The number of hydrogen-bond donors (Lipinski definition) is 2. The number of pyridine rings is 1. The molecule has 0 aliphatic heterocycles. The zero-order chi connectivity index (χ0) is 21.4. The summed E-state index contributed by atoms with van der Waals surface area (Å²) in [6, 6.07) is 12.6. The van der Waals surface area contributed by atoms with Crippen molar-refractivity contribution < 1.29 is 22.3 Å². The number of guanidine groups is 1. The van der Waals surface area contributed by atoms with Crippen molar-refractivity contribution in [2.75, 3.05) is 13.7 Å². The first-order valence-corrected chi connectivity index (χ1v) is 9.02. The average molecular weight is 547 g/mol. The zero-order valence-corrected chi connectivity index (χ0v) is 18.8. The molecule has 0 radical (unpaired) electrons. The molecule has 166 valence electrons. The van der Waals surface area contributed by atoms with Crippen LogP contribution in [-0.4, -0.2) is 35.8 Å². The summed E-state index contributed by atoms with van der Waals surface area (Å²) in [5.74, 6) is 0.977. The van der Waals surface area contributed by atoms with E-state index in [0.717, 1.165) is 11.1 Å². The van der Waals surface area contributed by atoms with Gasteiger partial charge in [0.25, 0.3) is 0 Å². The quantitative estimate of drug-likeness (QED) is 0.263. The second-order valence-corrected chi connectivity index (χ2v) is 6.20. The number of aromatic nitrogens is 2. The number of nitrogens with one attached hydrogen (secondary N) is 2. The van der Waals surface area contributed by atoms with Crippen LogP contribution in [0.25, 0.3) is 11.5 Å². The van der Waals surface area contributed by atoms with Gasteiger partial charge in [0.15, 0.2) is 12.6 Å². The van der Waals surface area contributed by atoms with E-state index in [1.54, 1.807) is 19.4 Å². The van der Waals surface area contributed by atoms with Gasteiger partial charge in [-0.1, -0.05) is 24.3 Å². The minimum atomic E-state index is -4.40. The van der Waals surface area contributed by atoms with Crippen LogP contribution in [0, 0.1) is 0 Å². The van der Waals surface area contributed by atoms with Crippen LogP contribution in [0.15, 0.2) is 64.3 Å². The van der Waals surface area contributed by atoms with Crippen molar-refractivity contribution in [3.8, 4) is 17.3 Å². The SMILES string of the molecule is CN=C(NCc1ccc(OCC(F)(F)F)nc1)NCc1coc(-c2ccccc2)n1.I. The summed E-state index contributed by atoms with van der Waals surface area (Å²) in [4.78, 5) is 12.4. The molecule has 31 heavy (non-hydrogen) atoms. The van der Waals surface area contributed by atoms with Gasteiger partial charge in [0.2, 0.25) is 11.8 Å². The lowest BCUT2D eigenvalue weighted by atomic mass is 10.2. The molecule has 0 atom stereocenters. The van der Waals surface area contributed by atoms with E-state index in [2.05, 4.69) is 30.3 Å². The Hall–Kier alpha value is -2.83. The first kappa shape index (κ1) is 24.4. The van der Waals surface area contributed by atoms with Gasteiger partial charge in [-0.2, -0.15) is 13.2 Å². The fourth-order valence-corrected chi connectivity index (χ4v) is 2.44. The molecule has 3 rings (SSSR count). The molecular formula is C20H21F3IN5O2. The van der Waals surface area contributed by atoms with Crippen molar-refractivity contribution in [1.82, 2.24) is 20.6 Å². The van der Waals surface area contributed by atoms with E-state index in [1.165, 1.54) is 12.3 Å². The van der Waals surface area contributed by atoms with Crippen LogP contribution < -0.4 is 15.4 Å². The van der Waals surface area contributed by atoms with E-state index in [-0.39, 0.29) is 29.9 Å². The number of nitrogens with zero attached hydrogens (tertiary/aromatic N) is 3. The van der Waals surface area contributed by atoms with Gasteiger partial charge in [-0.3, -0.25) is 4.99 Å². The molecule has 0 fully saturated rings. The molecule has 2 heterocycles. The Morgan fingerprint density at radius 2 is 1.84 bits per heavy atom. The lowest BCUT2D eigenvalue weighted by Gasteiger charge is -2.11. The standard InChI is InChI=1S/C20H20F3N5O2.HI/c1-24-19(26-10-14-7-8-17(25-9-14)30-13-20(21,22)23)27-11-16-12-29-18(28-16)15-5-3-2-4-6-15;/h2-9,12H,10-11,13H2,1H3,(H2,24,26,27);1H. The van der Waals surface area contributed by atoms with Crippen LogP contribution in [0.1, 0.15) is 11.3 Å². The van der Waals surface area contributed by atoms with Gasteiger partial charge in [0.1, 0.15) is 6.26 Å². The number of oxazole rings is 1. The lowest BCUT2D eigenvalue weighted by Crippen LogP contribution is -2.36. The third kappa shape index (κ3) is 8.07. The Morgan fingerprint density at radius 3 is 2.48 bits per heavy atom. The molecule has 2 N–H and O–H groups in total. The van der Waals surface area contributed by atoms with Crippen molar-refractivity contribution in [1.29, 1.82) is 0 Å². The highest BCUT2D eigenvalue weighted by molar-refractivity contribution is 14.0. The minimum Gasteiger partial charge on any atom is -0.468 e. The Kier molecular flexibility index (Phi) is 9.09. The van der Waals surface area contributed by atoms with E-state index >= 15 is 0 Å². The van der Waals surface area contributed by atoms with Gasteiger partial charge in [-0.05, 0) is 17.7 Å². The van der Waals surface area contributed by atoms with E-state index in [9.17, 15) is 13.2 Å². The summed E-state index contributed by atoms with van der Waals surface area (Å²) in [5, 5.41) is 6.21. The number of halogens is 4. The predicted octanol–water partition coefficient (Wildman–Crippen LogP) is 4.16. The molecule has 11 heteroatoms. The Labute approximate surface area is 194 Å². The van der Waals surface area contributed by atoms with Crippen LogP contribution in [0.3, 0.4) is 0 Å². The molecule has 0 spiro atoms. The van der Waals surface area contributed by atoms with E-state index < -0.39 is 12.8 Å². The number of ether oxygens (including phenoxy) is 1. The fraction of sp³-hybridized carbons (Fsp3) is 0.250. The fourth-order valence-electron chi connectivity index (χ4n) is 2.44. The largest absolute Gasteiger partial charge is 0.468 e. The van der Waals surface area contributed by atoms with E-state index in [4.69, 9.17) is 4.42 Å². The minimum absolute atomic E-state index is 0. The van der Waals surface area contributed by atoms with Crippen molar-refractivity contribution in [3.05, 3.63) is 66.2 Å². The van der Waals surface area contributed by atoms with Gasteiger partial charge in [0, 0.05) is 31.4 Å². The summed E-state index contributed by atoms with van der Waals surface area (Å²) in [6.45, 7) is -0.596. The molecule has 7 nitrogen and oxygen atoms in total. The topological polar surface area (TPSA) is 84.6 Å². The molecule has 0 aliphatic rings. The van der Waals surface area contributed by atoms with Gasteiger partial charge in [0.05, 0.1) is 12.2 Å². The van der Waals surface area contributed by atoms with Crippen LogP contribution in [-0.2, 0) is 13.1 Å². The van der Waals surface area contributed by atoms with Crippen molar-refractivity contribution in [2.45, 2.75) is 19.3 Å². The molecular weight excluding hydrogens is 526 g/mol. The number of alkyl halides is 3.